The number of guanidine groups is 1. The Hall–Kier alpha value is -2.83. The lowest BCUT2D eigenvalue weighted by Gasteiger charge is -2.32. The van der Waals surface area contributed by atoms with Crippen LogP contribution in [0.3, 0.4) is 0 Å². The quantitative estimate of drug-likeness (QED) is 0.117. The Labute approximate surface area is 240 Å². The fourth-order valence-electron chi connectivity index (χ4n) is 3.58. The van der Waals surface area contributed by atoms with Gasteiger partial charge in [-0.3, -0.25) is 0 Å². The molecule has 3 N–H and O–H groups in total. The third-order valence-corrected chi connectivity index (χ3v) is 10.1. The molecule has 2 aromatic rings. The van der Waals surface area contributed by atoms with Crippen molar-refractivity contribution in [3.63, 3.8) is 0 Å². The van der Waals surface area contributed by atoms with Crippen molar-refractivity contribution in [1.82, 2.24) is 14.1 Å². The summed E-state index contributed by atoms with van der Waals surface area (Å²) in [6, 6.07) is 9.30. The van der Waals surface area contributed by atoms with Crippen molar-refractivity contribution in [3.05, 3.63) is 48.0 Å². The zero-order valence-corrected chi connectivity index (χ0v) is 25.3. The lowest BCUT2D eigenvalue weighted by Crippen LogP contribution is -2.50. The van der Waals surface area contributed by atoms with Gasteiger partial charge in [-0.15, -0.1) is 12.4 Å². The van der Waals surface area contributed by atoms with Gasteiger partial charge in [0.25, 0.3) is 5.96 Å². The molecule has 0 radical (unpaired) electrons. The Balaban J connectivity index is 0.00000560. The van der Waals surface area contributed by atoms with Gasteiger partial charge in [-0.25, -0.2) is 16.8 Å². The molecule has 0 spiro atoms. The van der Waals surface area contributed by atoms with Gasteiger partial charge in [-0.1, -0.05) is 19.1 Å². The van der Waals surface area contributed by atoms with Crippen molar-refractivity contribution in [1.29, 1.82) is 0 Å². The topological polar surface area (TPSA) is 187 Å². The summed E-state index contributed by atoms with van der Waals surface area (Å²) in [7, 11) is -12.4. The van der Waals surface area contributed by atoms with Crippen LogP contribution in [0.4, 0.5) is 0 Å². The summed E-state index contributed by atoms with van der Waals surface area (Å²) < 4.78 is 84.4. The van der Waals surface area contributed by atoms with E-state index in [0.717, 1.165) is 33.4 Å². The molecule has 1 fully saturated rings. The lowest BCUT2D eigenvalue weighted by molar-refractivity contribution is 0.138. The molecule has 1 aliphatic heterocycles. The zero-order valence-electron chi connectivity index (χ0n) is 22.0. The minimum absolute atomic E-state index is 0. The van der Waals surface area contributed by atoms with E-state index < -0.39 is 40.0 Å². The highest BCUT2D eigenvalue weighted by molar-refractivity contribution is 7.91. The first kappa shape index (κ1) is 33.4. The number of sulfonamides is 2. The highest BCUT2D eigenvalue weighted by Gasteiger charge is 2.35. The van der Waals surface area contributed by atoms with Gasteiger partial charge in [-0.05, 0) is 48.3 Å². The van der Waals surface area contributed by atoms with Crippen molar-refractivity contribution in [2.24, 2.45) is 10.9 Å². The van der Waals surface area contributed by atoms with Crippen LogP contribution < -0.4 is 20.2 Å². The van der Waals surface area contributed by atoms with Crippen LogP contribution in [0.1, 0.15) is 18.9 Å². The summed E-state index contributed by atoms with van der Waals surface area (Å²) in [6.45, 7) is 3.55. The van der Waals surface area contributed by atoms with Crippen LogP contribution in [0.5, 0.6) is 11.5 Å². The number of oxime groups is 1. The molecule has 40 heavy (non-hydrogen) atoms. The number of halogens is 1. The molecule has 224 valence electrons. The van der Waals surface area contributed by atoms with E-state index in [0.29, 0.717) is 12.2 Å². The Bertz CT molecular complexity index is 1530. The summed E-state index contributed by atoms with van der Waals surface area (Å²) in [5.74, 6) is -0.173. The number of piperazine rings is 1. The highest BCUT2D eigenvalue weighted by atomic mass is 35.5. The standard InChI is InChI=1S/C22H31N5O9S3.ClH/c1-4-13-34-24-22(23)25-35-18-14-17(2)15-19(16-18)36-39(32,33)21-8-6-5-7-20(21)38(30,31)27-11-9-26(10-12-27)37(3,28)29;/h5-8,14-16H,4,9-13H2,1-3H3,(H3,23,24,25);1H. The predicted molar refractivity (Wildman–Crippen MR) is 149 cm³/mol. The van der Waals surface area contributed by atoms with Gasteiger partial charge in [0.15, 0.2) is 5.75 Å². The molecule has 0 amide bonds. The molecule has 1 aliphatic rings. The normalized spacial score (nSPS) is 15.6. The maximum absolute atomic E-state index is 13.4. The second-order valence-corrected chi connectivity index (χ2v) is 13.9. The van der Waals surface area contributed by atoms with E-state index in [1.807, 2.05) is 6.92 Å². The molecule has 18 heteroatoms. The number of nitrogens with zero attached hydrogens (tertiary/aromatic N) is 3. The second-order valence-electron chi connectivity index (χ2n) is 8.55. The van der Waals surface area contributed by atoms with Crippen molar-refractivity contribution in [2.45, 2.75) is 30.1 Å². The van der Waals surface area contributed by atoms with Crippen LogP contribution in [0, 0.1) is 6.92 Å². The molecular weight excluding hydrogens is 610 g/mol. The fraction of sp³-hybridized carbons (Fsp3) is 0.409. The van der Waals surface area contributed by atoms with Gasteiger partial charge >= 0.3 is 10.1 Å². The summed E-state index contributed by atoms with van der Waals surface area (Å²) >= 11 is 0. The average molecular weight is 642 g/mol. The van der Waals surface area contributed by atoms with Gasteiger partial charge < -0.3 is 19.6 Å². The smallest absolute Gasteiger partial charge is 0.340 e. The van der Waals surface area contributed by atoms with E-state index in [9.17, 15) is 25.3 Å². The summed E-state index contributed by atoms with van der Waals surface area (Å²) in [4.78, 5) is 9.20. The van der Waals surface area contributed by atoms with E-state index in [2.05, 4.69) is 10.6 Å². The van der Waals surface area contributed by atoms with Crippen LogP contribution >= 0.6 is 12.4 Å². The number of aryl methyl sites for hydroxylation is 1. The van der Waals surface area contributed by atoms with Crippen molar-refractivity contribution in [3.8, 4) is 11.5 Å². The monoisotopic (exact) mass is 641 g/mol. The minimum atomic E-state index is -4.64. The van der Waals surface area contributed by atoms with Gasteiger partial charge in [0.2, 0.25) is 20.0 Å². The number of hydrogen-bond acceptors (Lipinski definition) is 10. The Morgan fingerprint density at radius 3 is 2.12 bits per heavy atom. The van der Waals surface area contributed by atoms with E-state index in [1.54, 1.807) is 13.0 Å². The van der Waals surface area contributed by atoms with Gasteiger partial charge in [0.1, 0.15) is 22.1 Å². The third kappa shape index (κ3) is 8.58. The van der Waals surface area contributed by atoms with E-state index >= 15 is 0 Å². The van der Waals surface area contributed by atoms with Crippen molar-refractivity contribution < 1.29 is 39.1 Å². The molecule has 0 unspecified atom stereocenters. The average Bonchev–Trinajstić information content (AvgIpc) is 2.86. The van der Waals surface area contributed by atoms with Crippen molar-refractivity contribution >= 4 is 48.5 Å². The van der Waals surface area contributed by atoms with E-state index in [4.69, 9.17) is 19.6 Å². The molecule has 1 saturated heterocycles. The molecule has 0 atom stereocenters. The molecule has 0 bridgehead atoms. The number of nitrogens with one attached hydrogen (secondary N) is 1. The number of benzene rings is 2. The van der Waals surface area contributed by atoms with Gasteiger partial charge in [0.05, 0.1) is 6.26 Å². The molecule has 0 saturated carbocycles. The molecule has 14 nitrogen and oxygen atoms in total. The molecule has 2 aromatic carbocycles. The van der Waals surface area contributed by atoms with Crippen LogP contribution in [0.25, 0.3) is 0 Å². The molecule has 1 heterocycles. The van der Waals surface area contributed by atoms with Crippen LogP contribution in [0.2, 0.25) is 0 Å². The fourth-order valence-corrected chi connectivity index (χ4v) is 7.52. The summed E-state index contributed by atoms with van der Waals surface area (Å²) in [6.07, 6.45) is 1.77. The molecular formula is C22H32ClN5O9S3. The van der Waals surface area contributed by atoms with Gasteiger partial charge in [-0.2, -0.15) is 22.5 Å². The first-order valence-corrected chi connectivity index (χ1v) is 16.4. The Morgan fingerprint density at radius 2 is 1.52 bits per heavy atom. The predicted octanol–water partition coefficient (Wildman–Crippen LogP) is 0.990. The minimum Gasteiger partial charge on any atom is -0.393 e. The number of nitrogens with two attached hydrogens (primary N) is 1. The maximum atomic E-state index is 13.4. The highest BCUT2D eigenvalue weighted by Crippen LogP contribution is 2.30. The SMILES string of the molecule is CCCON=C(N)NOc1cc(C)cc(OS(=O)(=O)c2ccccc2S(=O)(=O)N2CCN(S(C)(=O)=O)CC2)c1.Cl. The first-order valence-electron chi connectivity index (χ1n) is 11.7. The summed E-state index contributed by atoms with van der Waals surface area (Å²) in [5.41, 5.74) is 8.56. The largest absolute Gasteiger partial charge is 0.393 e. The van der Waals surface area contributed by atoms with Crippen LogP contribution in [0.15, 0.2) is 57.4 Å². The van der Waals surface area contributed by atoms with E-state index in [1.165, 1.54) is 24.3 Å². The summed E-state index contributed by atoms with van der Waals surface area (Å²) in [5, 5.41) is 3.60. The Kier molecular flexibility index (Phi) is 11.4. The first-order chi connectivity index (χ1) is 18.2. The maximum Gasteiger partial charge on any atom is 0.340 e. The molecule has 3 rings (SSSR count). The molecule has 0 aliphatic carbocycles. The van der Waals surface area contributed by atoms with Gasteiger partial charge in [0, 0.05) is 32.2 Å². The number of hydrogen-bond donors (Lipinski definition) is 2. The third-order valence-electron chi connectivity index (χ3n) is 5.37. The zero-order chi connectivity index (χ0) is 28.8. The van der Waals surface area contributed by atoms with Crippen molar-refractivity contribution in [2.75, 3.05) is 39.0 Å². The molecule has 0 aromatic heterocycles. The van der Waals surface area contributed by atoms with E-state index in [-0.39, 0.29) is 56.0 Å². The Morgan fingerprint density at radius 1 is 0.950 bits per heavy atom. The number of rotatable bonds is 11. The van der Waals surface area contributed by atoms with Crippen LogP contribution in [-0.4, -0.2) is 78.9 Å². The van der Waals surface area contributed by atoms with Crippen LogP contribution in [-0.2, 0) is 35.0 Å². The lowest BCUT2D eigenvalue weighted by atomic mass is 10.2. The number of hydroxylamine groups is 1. The second kappa shape index (κ2) is 13.7.